The van der Waals surface area contributed by atoms with E-state index in [1.807, 2.05) is 25.1 Å². The van der Waals surface area contributed by atoms with Crippen molar-refractivity contribution in [2.75, 3.05) is 0 Å². The molecule has 1 aromatic rings. The summed E-state index contributed by atoms with van der Waals surface area (Å²) in [7, 11) is 0. The molecule has 1 aromatic carbocycles. The zero-order chi connectivity index (χ0) is 9.84. The molecule has 0 heterocycles. The van der Waals surface area contributed by atoms with Crippen molar-refractivity contribution in [3.05, 3.63) is 47.0 Å². The number of aliphatic hydroxyl groups excluding tert-OH is 1. The number of hydrogen-bond acceptors (Lipinski definition) is 1. The predicted octanol–water partition coefficient (Wildman–Crippen LogP) is 3.26. The molecule has 13 heavy (non-hydrogen) atoms. The maximum atomic E-state index is 9.70. The van der Waals surface area contributed by atoms with E-state index in [4.69, 9.17) is 11.6 Å². The van der Waals surface area contributed by atoms with E-state index in [1.165, 1.54) is 0 Å². The van der Waals surface area contributed by atoms with Gasteiger partial charge in [0, 0.05) is 5.02 Å². The van der Waals surface area contributed by atoms with E-state index in [-0.39, 0.29) is 0 Å². The van der Waals surface area contributed by atoms with Crippen LogP contribution in [-0.2, 0) is 0 Å². The van der Waals surface area contributed by atoms with Crippen LogP contribution in [0.3, 0.4) is 0 Å². The van der Waals surface area contributed by atoms with Crippen LogP contribution >= 0.6 is 11.6 Å². The summed E-state index contributed by atoms with van der Waals surface area (Å²) in [6, 6.07) is 5.55. The Balaban J connectivity index is 3.00. The van der Waals surface area contributed by atoms with Crippen LogP contribution in [0.15, 0.2) is 30.9 Å². The molecule has 0 unspecified atom stereocenters. The zero-order valence-electron chi connectivity index (χ0n) is 7.63. The molecule has 0 aliphatic carbocycles. The van der Waals surface area contributed by atoms with E-state index >= 15 is 0 Å². The SMILES string of the molecule is C=CC[C@@H](O)c1cccc(Cl)c1C. The van der Waals surface area contributed by atoms with E-state index in [0.717, 1.165) is 11.1 Å². The minimum absolute atomic E-state index is 0.490. The van der Waals surface area contributed by atoms with E-state index in [1.54, 1.807) is 6.08 Å². The van der Waals surface area contributed by atoms with Gasteiger partial charge in [-0.15, -0.1) is 6.58 Å². The normalized spacial score (nSPS) is 12.5. The predicted molar refractivity (Wildman–Crippen MR) is 56.0 cm³/mol. The fourth-order valence-corrected chi connectivity index (χ4v) is 1.45. The summed E-state index contributed by atoms with van der Waals surface area (Å²) in [6.45, 7) is 5.49. The van der Waals surface area contributed by atoms with E-state index in [2.05, 4.69) is 6.58 Å². The van der Waals surface area contributed by atoms with Gasteiger partial charge in [0.15, 0.2) is 0 Å². The van der Waals surface area contributed by atoms with Crippen molar-refractivity contribution in [3.63, 3.8) is 0 Å². The van der Waals surface area contributed by atoms with E-state index < -0.39 is 6.10 Å². The minimum atomic E-state index is -0.490. The van der Waals surface area contributed by atoms with Crippen LogP contribution in [-0.4, -0.2) is 5.11 Å². The van der Waals surface area contributed by atoms with Crippen LogP contribution in [0.5, 0.6) is 0 Å². The van der Waals surface area contributed by atoms with Gasteiger partial charge in [-0.1, -0.05) is 29.8 Å². The third-order valence-electron chi connectivity index (χ3n) is 2.06. The van der Waals surface area contributed by atoms with Crippen molar-refractivity contribution >= 4 is 11.6 Å². The largest absolute Gasteiger partial charge is 0.388 e. The van der Waals surface area contributed by atoms with E-state index in [9.17, 15) is 5.11 Å². The number of hydrogen-bond donors (Lipinski definition) is 1. The topological polar surface area (TPSA) is 20.2 Å². The van der Waals surface area contributed by atoms with Crippen molar-refractivity contribution in [2.45, 2.75) is 19.4 Å². The Hall–Kier alpha value is -0.790. The number of aliphatic hydroxyl groups is 1. The Morgan fingerprint density at radius 1 is 1.62 bits per heavy atom. The minimum Gasteiger partial charge on any atom is -0.388 e. The first-order valence-corrected chi connectivity index (χ1v) is 4.58. The first-order valence-electron chi connectivity index (χ1n) is 4.20. The summed E-state index contributed by atoms with van der Waals surface area (Å²) in [5.74, 6) is 0. The fraction of sp³-hybridized carbons (Fsp3) is 0.273. The van der Waals surface area contributed by atoms with Gasteiger partial charge in [0.05, 0.1) is 6.10 Å². The molecule has 2 heteroatoms. The van der Waals surface area contributed by atoms with Crippen LogP contribution < -0.4 is 0 Å². The molecule has 0 aliphatic heterocycles. The maximum Gasteiger partial charge on any atom is 0.0827 e. The summed E-state index contributed by atoms with van der Waals surface area (Å²) in [5.41, 5.74) is 1.82. The van der Waals surface area contributed by atoms with Gasteiger partial charge >= 0.3 is 0 Å². The second kappa shape index (κ2) is 4.45. The quantitative estimate of drug-likeness (QED) is 0.736. The lowest BCUT2D eigenvalue weighted by Crippen LogP contribution is -1.98. The molecule has 0 aliphatic rings. The molecule has 0 radical (unpaired) electrons. The first-order chi connectivity index (χ1) is 6.16. The van der Waals surface area contributed by atoms with Gasteiger partial charge in [0.25, 0.3) is 0 Å². The fourth-order valence-electron chi connectivity index (χ4n) is 1.27. The molecular formula is C11H13ClO. The Morgan fingerprint density at radius 2 is 2.31 bits per heavy atom. The zero-order valence-corrected chi connectivity index (χ0v) is 8.38. The molecule has 1 atom stereocenters. The summed E-state index contributed by atoms with van der Waals surface area (Å²) in [4.78, 5) is 0. The number of halogens is 1. The van der Waals surface area contributed by atoms with Crippen molar-refractivity contribution in [2.24, 2.45) is 0 Å². The molecule has 0 bridgehead atoms. The van der Waals surface area contributed by atoms with Gasteiger partial charge in [-0.2, -0.15) is 0 Å². The van der Waals surface area contributed by atoms with Crippen LogP contribution in [0.4, 0.5) is 0 Å². The van der Waals surface area contributed by atoms with Gasteiger partial charge in [0.2, 0.25) is 0 Å². The molecule has 0 amide bonds. The monoisotopic (exact) mass is 196 g/mol. The Morgan fingerprint density at radius 3 is 2.92 bits per heavy atom. The number of rotatable bonds is 3. The van der Waals surface area contributed by atoms with Crippen LogP contribution in [0.25, 0.3) is 0 Å². The Bertz CT molecular complexity index is 307. The lowest BCUT2D eigenvalue weighted by atomic mass is 10.0. The Kier molecular flexibility index (Phi) is 3.52. The van der Waals surface area contributed by atoms with Crippen molar-refractivity contribution in [3.8, 4) is 0 Å². The van der Waals surface area contributed by atoms with Crippen LogP contribution in [0, 0.1) is 6.92 Å². The smallest absolute Gasteiger partial charge is 0.0827 e. The average Bonchev–Trinajstić information content (AvgIpc) is 2.10. The van der Waals surface area contributed by atoms with Crippen molar-refractivity contribution in [1.82, 2.24) is 0 Å². The van der Waals surface area contributed by atoms with Gasteiger partial charge in [-0.3, -0.25) is 0 Å². The van der Waals surface area contributed by atoms with Gasteiger partial charge in [-0.05, 0) is 30.5 Å². The average molecular weight is 197 g/mol. The molecular weight excluding hydrogens is 184 g/mol. The lowest BCUT2D eigenvalue weighted by Gasteiger charge is -2.12. The molecule has 0 aromatic heterocycles. The highest BCUT2D eigenvalue weighted by Crippen LogP contribution is 2.25. The van der Waals surface area contributed by atoms with Gasteiger partial charge in [0.1, 0.15) is 0 Å². The highest BCUT2D eigenvalue weighted by atomic mass is 35.5. The first kappa shape index (κ1) is 10.3. The third kappa shape index (κ3) is 2.33. The highest BCUT2D eigenvalue weighted by molar-refractivity contribution is 6.31. The van der Waals surface area contributed by atoms with Gasteiger partial charge < -0.3 is 5.11 Å². The van der Waals surface area contributed by atoms with Crippen molar-refractivity contribution < 1.29 is 5.11 Å². The van der Waals surface area contributed by atoms with Gasteiger partial charge in [-0.25, -0.2) is 0 Å². The molecule has 1 nitrogen and oxygen atoms in total. The van der Waals surface area contributed by atoms with E-state index in [0.29, 0.717) is 11.4 Å². The molecule has 0 fully saturated rings. The maximum absolute atomic E-state index is 9.70. The number of benzene rings is 1. The van der Waals surface area contributed by atoms with Crippen LogP contribution in [0.1, 0.15) is 23.7 Å². The molecule has 0 saturated heterocycles. The molecule has 1 N–H and O–H groups in total. The standard InChI is InChI=1S/C11H13ClO/c1-3-5-11(13)9-6-4-7-10(12)8(9)2/h3-4,6-7,11,13H,1,5H2,2H3/t11-/m1/s1. The lowest BCUT2D eigenvalue weighted by molar-refractivity contribution is 0.181. The second-order valence-electron chi connectivity index (χ2n) is 2.99. The molecule has 0 saturated carbocycles. The summed E-state index contributed by atoms with van der Waals surface area (Å²) < 4.78 is 0. The summed E-state index contributed by atoms with van der Waals surface area (Å²) in [5, 5.41) is 10.4. The molecule has 70 valence electrons. The summed E-state index contributed by atoms with van der Waals surface area (Å²) >= 11 is 5.92. The molecule has 1 rings (SSSR count). The third-order valence-corrected chi connectivity index (χ3v) is 2.47. The highest BCUT2D eigenvalue weighted by Gasteiger charge is 2.09. The molecule has 0 spiro atoms. The van der Waals surface area contributed by atoms with Crippen LogP contribution in [0.2, 0.25) is 5.02 Å². The summed E-state index contributed by atoms with van der Waals surface area (Å²) in [6.07, 6.45) is 1.77. The Labute approximate surface area is 83.7 Å². The second-order valence-corrected chi connectivity index (χ2v) is 3.40. The van der Waals surface area contributed by atoms with Crippen molar-refractivity contribution in [1.29, 1.82) is 0 Å².